The van der Waals surface area contributed by atoms with Gasteiger partial charge in [-0.2, -0.15) is 0 Å². The van der Waals surface area contributed by atoms with Gasteiger partial charge in [0.1, 0.15) is 0 Å². The number of phenolic OH excluding ortho intramolecular Hbond substituents is 1. The number of hydrogen-bond acceptors (Lipinski definition) is 3. The number of carbonyl (C=O) groups is 1. The predicted molar refractivity (Wildman–Crippen MR) is 177 cm³/mol. The Kier molecular flexibility index (Phi) is 9.61. The first-order valence-corrected chi connectivity index (χ1v) is 22.2. The van der Waals surface area contributed by atoms with Crippen molar-refractivity contribution in [3.8, 4) is 5.75 Å². The van der Waals surface area contributed by atoms with E-state index in [1.807, 2.05) is 37.3 Å². The Hall–Kier alpha value is -3.05. The van der Waals surface area contributed by atoms with Crippen LogP contribution in [0, 0.1) is 6.92 Å². The number of phenols is 1. The molecule has 3 nitrogen and oxygen atoms in total. The Morgan fingerprint density at radius 1 is 0.595 bits per heavy atom. The zero-order chi connectivity index (χ0) is 30.6. The summed E-state index contributed by atoms with van der Waals surface area (Å²) in [6, 6.07) is 37.2. The summed E-state index contributed by atoms with van der Waals surface area (Å²) in [6.07, 6.45) is 0. The fraction of sp³-hybridized carbons (Fsp3) is 0.342. The van der Waals surface area contributed by atoms with Gasteiger partial charge in [0.15, 0.2) is 0 Å². The van der Waals surface area contributed by atoms with E-state index in [0.29, 0.717) is 5.56 Å². The first-order valence-electron chi connectivity index (χ1n) is 14.9. The molecule has 0 heterocycles. The molecule has 4 aromatic rings. The molecule has 220 valence electrons. The van der Waals surface area contributed by atoms with Crippen molar-refractivity contribution in [3.63, 3.8) is 0 Å². The van der Waals surface area contributed by atoms with Crippen molar-refractivity contribution < 1.29 is 13.0 Å². The van der Waals surface area contributed by atoms with Crippen molar-refractivity contribution >= 4 is 24.8 Å². The molecule has 0 radical (unpaired) electrons. The molecule has 0 aromatic heterocycles. The molecule has 0 saturated heterocycles. The van der Waals surface area contributed by atoms with Crippen LogP contribution in [0.5, 0.6) is 5.75 Å². The van der Waals surface area contributed by atoms with Crippen LogP contribution in [0.15, 0.2) is 109 Å². The predicted octanol–water partition coefficient (Wildman–Crippen LogP) is 9.74. The second-order valence-corrected chi connectivity index (χ2v) is 24.2. The molecular weight excluding hydrogens is 623 g/mol. The van der Waals surface area contributed by atoms with E-state index in [0.717, 1.165) is 13.3 Å². The van der Waals surface area contributed by atoms with Crippen molar-refractivity contribution in [1.82, 2.24) is 0 Å². The summed E-state index contributed by atoms with van der Waals surface area (Å²) in [4.78, 5) is 14.2. The molecule has 0 saturated carbocycles. The molecule has 4 rings (SSSR count). The summed E-state index contributed by atoms with van der Waals surface area (Å²) < 4.78 is 9.49. The summed E-state index contributed by atoms with van der Waals surface area (Å²) in [5.41, 5.74) is 4.01. The molecule has 0 atom stereocenters. The molecule has 0 fully saturated rings. The number of hydrogen-bond donors (Lipinski definition) is 1. The molecule has 0 spiro atoms. The van der Waals surface area contributed by atoms with Crippen LogP contribution in [0.4, 0.5) is 0 Å². The number of rotatable bonds is 11. The van der Waals surface area contributed by atoms with Crippen LogP contribution in [-0.2, 0) is 19.3 Å². The van der Waals surface area contributed by atoms with E-state index in [9.17, 15) is 9.90 Å². The van der Waals surface area contributed by atoms with Gasteiger partial charge < -0.3 is 0 Å². The average molecular weight is 669 g/mol. The van der Waals surface area contributed by atoms with E-state index in [1.54, 1.807) is 6.07 Å². The summed E-state index contributed by atoms with van der Waals surface area (Å²) in [6.45, 7) is 15.5. The first-order chi connectivity index (χ1) is 19.7. The standard InChI is InChI=1S/3C10H13.C8H8O3.Sn/c3*1-10(2,3)9-7-5-4-6-8-9;1-5-3-2-4-6(7(5)9)8(10)11;/h3*4-8H,1H2,2-3H3;2-4,9H,1H3,(H,10,11);/q;;;;+1/p-1. The Morgan fingerprint density at radius 2 is 0.952 bits per heavy atom. The second kappa shape index (κ2) is 12.7. The number of benzene rings is 4. The van der Waals surface area contributed by atoms with Crippen molar-refractivity contribution in [1.29, 1.82) is 0 Å². The van der Waals surface area contributed by atoms with Crippen LogP contribution < -0.4 is 0 Å². The van der Waals surface area contributed by atoms with Gasteiger partial charge in [0.2, 0.25) is 0 Å². The second-order valence-electron chi connectivity index (χ2n) is 13.8. The van der Waals surface area contributed by atoms with Crippen molar-refractivity contribution in [3.05, 3.63) is 137 Å². The molecule has 0 aliphatic carbocycles. The van der Waals surface area contributed by atoms with Crippen LogP contribution in [0.2, 0.25) is 13.3 Å². The maximum atomic E-state index is 14.2. The third kappa shape index (κ3) is 7.47. The number of carbonyl (C=O) groups excluding carboxylic acids is 1. The van der Waals surface area contributed by atoms with Gasteiger partial charge in [-0.3, -0.25) is 0 Å². The van der Waals surface area contributed by atoms with Gasteiger partial charge in [-0.1, -0.05) is 0 Å². The minimum atomic E-state index is -4.08. The molecular formula is C38H46O3Sn. The van der Waals surface area contributed by atoms with E-state index >= 15 is 0 Å². The van der Waals surface area contributed by atoms with Gasteiger partial charge in [-0.25, -0.2) is 0 Å². The summed E-state index contributed by atoms with van der Waals surface area (Å²) >= 11 is -4.08. The van der Waals surface area contributed by atoms with E-state index in [-0.39, 0.29) is 27.6 Å². The van der Waals surface area contributed by atoms with Crippen LogP contribution in [0.25, 0.3) is 0 Å². The Labute approximate surface area is 257 Å². The summed E-state index contributed by atoms with van der Waals surface area (Å²) in [5.74, 6) is -0.391. The number of para-hydroxylation sites is 1. The Balaban J connectivity index is 1.89. The van der Waals surface area contributed by atoms with E-state index in [4.69, 9.17) is 3.07 Å². The van der Waals surface area contributed by atoms with Gasteiger partial charge in [0.05, 0.1) is 0 Å². The van der Waals surface area contributed by atoms with Crippen LogP contribution >= 0.6 is 0 Å². The molecule has 0 bridgehead atoms. The fourth-order valence-electron chi connectivity index (χ4n) is 6.76. The Bertz CT molecular complexity index is 1350. The van der Waals surface area contributed by atoms with Crippen molar-refractivity contribution in [2.24, 2.45) is 0 Å². The normalized spacial score (nSPS) is 12.6. The molecule has 0 amide bonds. The van der Waals surface area contributed by atoms with E-state index in [2.05, 4.69) is 114 Å². The molecule has 4 aromatic carbocycles. The zero-order valence-electron chi connectivity index (χ0n) is 26.3. The molecule has 0 aliphatic rings. The monoisotopic (exact) mass is 670 g/mol. The summed E-state index contributed by atoms with van der Waals surface area (Å²) in [5, 5.41) is 10.9. The van der Waals surface area contributed by atoms with Gasteiger partial charge in [0.25, 0.3) is 0 Å². The molecule has 0 aliphatic heterocycles. The third-order valence-electron chi connectivity index (χ3n) is 8.72. The van der Waals surface area contributed by atoms with Gasteiger partial charge in [-0.05, 0) is 0 Å². The van der Waals surface area contributed by atoms with Gasteiger partial charge in [0, 0.05) is 0 Å². The third-order valence-corrected chi connectivity index (χ3v) is 23.6. The first kappa shape index (κ1) is 31.9. The van der Waals surface area contributed by atoms with Crippen LogP contribution in [-0.4, -0.2) is 29.9 Å². The van der Waals surface area contributed by atoms with Crippen LogP contribution in [0.1, 0.15) is 74.2 Å². The zero-order valence-corrected chi connectivity index (χ0v) is 29.1. The fourth-order valence-corrected chi connectivity index (χ4v) is 25.4. The number of aryl methyl sites for hydroxylation is 1. The Morgan fingerprint density at radius 3 is 1.31 bits per heavy atom. The summed E-state index contributed by atoms with van der Waals surface area (Å²) in [7, 11) is 0. The topological polar surface area (TPSA) is 46.5 Å². The van der Waals surface area contributed by atoms with Crippen molar-refractivity contribution in [2.75, 3.05) is 0 Å². The molecule has 4 heteroatoms. The molecule has 1 N–H and O–H groups in total. The molecule has 0 unspecified atom stereocenters. The van der Waals surface area contributed by atoms with Crippen molar-refractivity contribution in [2.45, 2.75) is 78.0 Å². The average Bonchev–Trinajstić information content (AvgIpc) is 2.95. The van der Waals surface area contributed by atoms with E-state index in [1.165, 1.54) is 16.7 Å². The van der Waals surface area contributed by atoms with Gasteiger partial charge in [-0.15, -0.1) is 0 Å². The quantitative estimate of drug-likeness (QED) is 0.162. The minimum absolute atomic E-state index is 0.00893. The van der Waals surface area contributed by atoms with Gasteiger partial charge >= 0.3 is 259 Å². The SMILES string of the molecule is Cc1cccc(C(=O)[O][Sn]([CH2]C(C)(C)c2ccccc2)([CH2]C(C)(C)c2ccccc2)[CH2]C(C)(C)c2ccccc2)c1O. The van der Waals surface area contributed by atoms with E-state index < -0.39 is 24.8 Å². The maximum absolute atomic E-state index is 14.2. The number of aromatic hydroxyl groups is 1. The van der Waals surface area contributed by atoms with Crippen LogP contribution in [0.3, 0.4) is 0 Å². The molecule has 42 heavy (non-hydrogen) atoms.